The molecule has 0 heterocycles. The van der Waals surface area contributed by atoms with Crippen LogP contribution in [0, 0.1) is 6.57 Å². The van der Waals surface area contributed by atoms with Gasteiger partial charge in [-0.25, -0.2) is 6.57 Å². The van der Waals surface area contributed by atoms with Crippen LogP contribution in [0.1, 0.15) is 49.8 Å². The van der Waals surface area contributed by atoms with Gasteiger partial charge in [0.25, 0.3) is 5.54 Å². The Hall–Kier alpha value is -1.57. The minimum absolute atomic E-state index is 0.110. The molecular formula is C16H19ClN2O2. The van der Waals surface area contributed by atoms with E-state index < -0.39 is 11.6 Å². The van der Waals surface area contributed by atoms with E-state index in [1.807, 2.05) is 12.1 Å². The molecule has 5 heteroatoms. The van der Waals surface area contributed by atoms with Crippen molar-refractivity contribution in [2.24, 2.45) is 5.73 Å². The van der Waals surface area contributed by atoms with Crippen LogP contribution in [0.5, 0.6) is 0 Å². The predicted molar refractivity (Wildman–Crippen MR) is 81.8 cm³/mol. The maximum atomic E-state index is 11.5. The van der Waals surface area contributed by atoms with Gasteiger partial charge in [0, 0.05) is 29.5 Å². The van der Waals surface area contributed by atoms with Crippen molar-refractivity contribution < 1.29 is 9.53 Å². The number of hydrogen-bond donors (Lipinski definition) is 1. The number of ether oxygens (including phenoxy) is 1. The summed E-state index contributed by atoms with van der Waals surface area (Å²) in [6.07, 6.45) is 2.87. The molecule has 0 aliphatic heterocycles. The van der Waals surface area contributed by atoms with Gasteiger partial charge in [-0.15, -0.1) is 0 Å². The molecule has 112 valence electrons. The Morgan fingerprint density at radius 2 is 2.24 bits per heavy atom. The lowest BCUT2D eigenvalue weighted by molar-refractivity contribution is -0.143. The van der Waals surface area contributed by atoms with Crippen molar-refractivity contribution >= 4 is 17.6 Å². The molecule has 0 bridgehead atoms. The highest BCUT2D eigenvalue weighted by Crippen LogP contribution is 2.46. The number of carbonyl (C=O) groups excluding carboxylic acids is 1. The van der Waals surface area contributed by atoms with Gasteiger partial charge in [-0.2, -0.15) is 0 Å². The Morgan fingerprint density at radius 1 is 1.52 bits per heavy atom. The number of nitrogens with zero attached hydrogens (tertiary/aromatic N) is 1. The number of esters is 1. The molecule has 2 N–H and O–H groups in total. The molecule has 1 saturated carbocycles. The van der Waals surface area contributed by atoms with Gasteiger partial charge in [0.2, 0.25) is 0 Å². The van der Waals surface area contributed by atoms with Crippen molar-refractivity contribution in [1.82, 2.24) is 0 Å². The number of carbonyl (C=O) groups is 1. The molecule has 2 rings (SSSR count). The lowest BCUT2D eigenvalue weighted by Gasteiger charge is -2.31. The minimum atomic E-state index is -0.468. The summed E-state index contributed by atoms with van der Waals surface area (Å²) in [5.74, 6) is -0.324. The van der Waals surface area contributed by atoms with Crippen LogP contribution in [0.2, 0.25) is 5.02 Å². The van der Waals surface area contributed by atoms with E-state index in [2.05, 4.69) is 4.85 Å². The molecule has 0 amide bonds. The highest BCUT2D eigenvalue weighted by molar-refractivity contribution is 6.30. The largest absolute Gasteiger partial charge is 0.466 e. The molecule has 0 unspecified atom stereocenters. The molecule has 0 radical (unpaired) electrons. The van der Waals surface area contributed by atoms with E-state index in [0.29, 0.717) is 11.6 Å². The second-order valence-corrected chi connectivity index (χ2v) is 5.82. The third-order valence-electron chi connectivity index (χ3n) is 3.97. The zero-order chi connectivity index (χ0) is 15.5. The van der Waals surface area contributed by atoms with E-state index in [-0.39, 0.29) is 12.4 Å². The molecule has 0 aromatic heterocycles. The van der Waals surface area contributed by atoms with Gasteiger partial charge in [-0.05, 0) is 37.1 Å². The van der Waals surface area contributed by atoms with Crippen LogP contribution >= 0.6 is 11.6 Å². The summed E-state index contributed by atoms with van der Waals surface area (Å²) >= 11 is 6.16. The van der Waals surface area contributed by atoms with Crippen molar-refractivity contribution in [3.8, 4) is 0 Å². The fraction of sp³-hybridized carbons (Fsp3) is 0.500. The molecule has 1 aromatic rings. The first-order valence-electron chi connectivity index (χ1n) is 7.11. The Labute approximate surface area is 130 Å². The maximum absolute atomic E-state index is 11.5. The van der Waals surface area contributed by atoms with E-state index in [1.165, 1.54) is 0 Å². The maximum Gasteiger partial charge on any atom is 0.307 e. The minimum Gasteiger partial charge on any atom is -0.466 e. The zero-order valence-electron chi connectivity index (χ0n) is 12.1. The van der Waals surface area contributed by atoms with Gasteiger partial charge >= 0.3 is 5.97 Å². The first kappa shape index (κ1) is 15.8. The van der Waals surface area contributed by atoms with E-state index in [0.717, 1.165) is 30.4 Å². The Balaban J connectivity index is 2.23. The van der Waals surface area contributed by atoms with Gasteiger partial charge in [-0.3, -0.25) is 4.79 Å². The third-order valence-corrected chi connectivity index (χ3v) is 4.19. The van der Waals surface area contributed by atoms with Crippen LogP contribution in [0.4, 0.5) is 0 Å². The van der Waals surface area contributed by atoms with Gasteiger partial charge in [0.05, 0.1) is 13.0 Å². The van der Waals surface area contributed by atoms with E-state index >= 15 is 0 Å². The molecule has 1 atom stereocenters. The fourth-order valence-electron chi connectivity index (χ4n) is 2.59. The topological polar surface area (TPSA) is 56.7 Å². The number of hydrogen-bond acceptors (Lipinski definition) is 3. The smallest absolute Gasteiger partial charge is 0.307 e. The third kappa shape index (κ3) is 3.37. The van der Waals surface area contributed by atoms with Gasteiger partial charge < -0.3 is 15.3 Å². The summed E-state index contributed by atoms with van der Waals surface area (Å²) in [5, 5.41) is 0.553. The van der Waals surface area contributed by atoms with Gasteiger partial charge in [0.15, 0.2) is 0 Å². The highest BCUT2D eigenvalue weighted by Gasteiger charge is 2.46. The average molecular weight is 307 g/mol. The average Bonchev–Trinajstić information content (AvgIpc) is 2.37. The lowest BCUT2D eigenvalue weighted by Crippen LogP contribution is -2.30. The Kier molecular flexibility index (Phi) is 4.87. The number of halogens is 1. The quantitative estimate of drug-likeness (QED) is 0.668. The van der Waals surface area contributed by atoms with Gasteiger partial charge in [0.1, 0.15) is 0 Å². The standard InChI is InChI=1S/C16H19ClN2O2/c1-3-21-15(20)10-14(18)11-7-12(9-13(17)8-11)16(19-2)5-4-6-16/h7-9,14H,3-6,10,18H2,1H3/t14-/m0/s1. The van der Waals surface area contributed by atoms with Crippen LogP contribution in [0.3, 0.4) is 0 Å². The number of nitrogens with two attached hydrogens (primary N) is 1. The van der Waals surface area contributed by atoms with Crippen LogP contribution < -0.4 is 5.73 Å². The van der Waals surface area contributed by atoms with E-state index in [1.54, 1.807) is 13.0 Å². The van der Waals surface area contributed by atoms with Crippen molar-refractivity contribution in [2.75, 3.05) is 6.61 Å². The zero-order valence-corrected chi connectivity index (χ0v) is 12.8. The van der Waals surface area contributed by atoms with E-state index in [4.69, 9.17) is 28.6 Å². The van der Waals surface area contributed by atoms with Crippen LogP contribution in [-0.4, -0.2) is 12.6 Å². The summed E-state index contributed by atoms with van der Waals surface area (Å²) in [4.78, 5) is 15.3. The van der Waals surface area contributed by atoms with Crippen LogP contribution in [0.25, 0.3) is 4.85 Å². The lowest BCUT2D eigenvalue weighted by atomic mass is 9.72. The molecule has 21 heavy (non-hydrogen) atoms. The first-order valence-corrected chi connectivity index (χ1v) is 7.49. The summed E-state index contributed by atoms with van der Waals surface area (Å²) in [6.45, 7) is 9.54. The first-order chi connectivity index (χ1) is 10.0. The van der Waals surface area contributed by atoms with Crippen molar-refractivity contribution in [2.45, 2.75) is 44.2 Å². The predicted octanol–water partition coefficient (Wildman–Crippen LogP) is 3.59. The molecule has 1 aliphatic rings. The number of benzene rings is 1. The van der Waals surface area contributed by atoms with Crippen LogP contribution in [-0.2, 0) is 15.1 Å². The van der Waals surface area contributed by atoms with Crippen molar-refractivity contribution in [3.63, 3.8) is 0 Å². The van der Waals surface area contributed by atoms with Crippen LogP contribution in [0.15, 0.2) is 18.2 Å². The van der Waals surface area contributed by atoms with E-state index in [9.17, 15) is 4.79 Å². The SMILES string of the molecule is [C-]#[N+]C1(c2cc(Cl)cc([C@@H](N)CC(=O)OCC)c2)CCC1. The molecule has 1 aliphatic carbocycles. The molecule has 1 aromatic carbocycles. The Morgan fingerprint density at radius 3 is 2.76 bits per heavy atom. The second-order valence-electron chi connectivity index (χ2n) is 5.39. The monoisotopic (exact) mass is 306 g/mol. The molecule has 4 nitrogen and oxygen atoms in total. The van der Waals surface area contributed by atoms with Crippen molar-refractivity contribution in [1.29, 1.82) is 0 Å². The normalized spacial score (nSPS) is 17.4. The Bertz CT molecular complexity index is 576. The molecule has 0 spiro atoms. The number of rotatable bonds is 5. The summed E-state index contributed by atoms with van der Waals surface area (Å²) < 4.78 is 4.91. The van der Waals surface area contributed by atoms with Gasteiger partial charge in [-0.1, -0.05) is 11.6 Å². The highest BCUT2D eigenvalue weighted by atomic mass is 35.5. The summed E-state index contributed by atoms with van der Waals surface area (Å²) in [7, 11) is 0. The van der Waals surface area contributed by atoms with Crippen molar-refractivity contribution in [3.05, 3.63) is 45.8 Å². The molecule has 1 fully saturated rings. The fourth-order valence-corrected chi connectivity index (χ4v) is 2.83. The second kappa shape index (κ2) is 6.46. The molecule has 0 saturated heterocycles. The molecular weight excluding hydrogens is 288 g/mol. The summed E-state index contributed by atoms with van der Waals surface area (Å²) in [5.41, 5.74) is 7.30. The summed E-state index contributed by atoms with van der Waals surface area (Å²) in [6, 6.07) is 5.03.